The van der Waals surface area contributed by atoms with Crippen molar-refractivity contribution in [2.24, 2.45) is 0 Å². The quantitative estimate of drug-likeness (QED) is 0.665. The van der Waals surface area contributed by atoms with E-state index >= 15 is 0 Å². The summed E-state index contributed by atoms with van der Waals surface area (Å²) in [5.74, 6) is 0. The van der Waals surface area contributed by atoms with E-state index < -0.39 is 0 Å². The third-order valence-electron chi connectivity index (χ3n) is 0.759. The summed E-state index contributed by atoms with van der Waals surface area (Å²) in [5.41, 5.74) is 1.04. The molecular formula is C5H3Br2S. The first-order valence-corrected chi connectivity index (χ1v) is 4.43. The predicted octanol–water partition coefficient (Wildman–Crippen LogP) is 3.46. The molecule has 0 atom stereocenters. The van der Waals surface area contributed by atoms with Crippen LogP contribution in [0.4, 0.5) is 0 Å². The van der Waals surface area contributed by atoms with Crippen LogP contribution >= 0.6 is 43.2 Å². The molecular weight excluding hydrogens is 252 g/mol. The summed E-state index contributed by atoms with van der Waals surface area (Å²) in [4.78, 5) is 0. The Bertz CT molecular complexity index is 173. The van der Waals surface area contributed by atoms with Gasteiger partial charge in [-0.05, 0) is 49.7 Å². The van der Waals surface area contributed by atoms with Gasteiger partial charge in [-0.2, -0.15) is 0 Å². The second-order valence-corrected chi connectivity index (χ2v) is 4.34. The summed E-state index contributed by atoms with van der Waals surface area (Å²) in [5, 5.41) is 1.99. The molecule has 0 aliphatic heterocycles. The molecule has 0 aliphatic rings. The topological polar surface area (TPSA) is 0 Å². The third-order valence-corrected chi connectivity index (χ3v) is 4.23. The summed E-state index contributed by atoms with van der Waals surface area (Å²) in [7, 11) is 0. The first-order chi connectivity index (χ1) is 3.72. The van der Waals surface area contributed by atoms with Crippen molar-refractivity contribution in [2.45, 2.75) is 0 Å². The molecule has 3 heteroatoms. The molecule has 0 amide bonds. The molecule has 43 valence electrons. The van der Waals surface area contributed by atoms with E-state index in [2.05, 4.69) is 38.8 Å². The molecule has 1 rings (SSSR count). The molecule has 0 N–H and O–H groups in total. The Morgan fingerprint density at radius 1 is 1.50 bits per heavy atom. The Morgan fingerprint density at radius 3 is 2.25 bits per heavy atom. The Morgan fingerprint density at radius 2 is 2.12 bits per heavy atom. The van der Waals surface area contributed by atoms with Crippen molar-refractivity contribution in [2.75, 3.05) is 0 Å². The van der Waals surface area contributed by atoms with Gasteiger partial charge in [-0.1, -0.05) is 0 Å². The van der Waals surface area contributed by atoms with Crippen molar-refractivity contribution in [1.29, 1.82) is 0 Å². The summed E-state index contributed by atoms with van der Waals surface area (Å²) in [6.07, 6.45) is 0. The largest absolute Gasteiger partial charge is 0.135 e. The summed E-state index contributed by atoms with van der Waals surface area (Å²) < 4.78 is 2.19. The van der Waals surface area contributed by atoms with Crippen LogP contribution in [0.2, 0.25) is 0 Å². The smallest absolute Gasteiger partial charge is 0.0843 e. The molecule has 1 heterocycles. The molecule has 1 aromatic heterocycles. The van der Waals surface area contributed by atoms with Gasteiger partial charge in [-0.25, -0.2) is 0 Å². The molecule has 0 saturated heterocycles. The molecule has 0 bridgehead atoms. The van der Waals surface area contributed by atoms with E-state index in [0.29, 0.717) is 0 Å². The van der Waals surface area contributed by atoms with Crippen LogP contribution in [-0.4, -0.2) is 0 Å². The zero-order valence-corrected chi connectivity index (χ0v) is 7.94. The van der Waals surface area contributed by atoms with Gasteiger partial charge in [0.25, 0.3) is 0 Å². The van der Waals surface area contributed by atoms with Crippen molar-refractivity contribution >= 4 is 43.2 Å². The first-order valence-electron chi connectivity index (χ1n) is 1.96. The fourth-order valence-electron chi connectivity index (χ4n) is 0.353. The Labute approximate surface area is 69.2 Å². The van der Waals surface area contributed by atoms with E-state index in [9.17, 15) is 0 Å². The van der Waals surface area contributed by atoms with E-state index in [1.54, 1.807) is 11.3 Å². The number of halogens is 2. The Kier molecular flexibility index (Phi) is 2.12. The predicted molar refractivity (Wildman–Crippen MR) is 44.2 cm³/mol. The molecule has 0 nitrogen and oxygen atoms in total. The zero-order chi connectivity index (χ0) is 6.15. The lowest BCUT2D eigenvalue weighted by atomic mass is 10.4. The summed E-state index contributed by atoms with van der Waals surface area (Å²) >= 11 is 8.34. The van der Waals surface area contributed by atoms with E-state index in [0.717, 1.165) is 13.8 Å². The molecule has 8 heavy (non-hydrogen) atoms. The van der Waals surface area contributed by atoms with Crippen LogP contribution in [0, 0.1) is 6.92 Å². The maximum absolute atomic E-state index is 3.77. The molecule has 0 unspecified atom stereocenters. The van der Waals surface area contributed by atoms with Gasteiger partial charge in [0.05, 0.1) is 3.79 Å². The standard InChI is InChI=1S/C5H3Br2S/c1-3-2-8-5(7)4(3)6/h2H,1H2. The molecule has 1 radical (unpaired) electrons. The van der Waals surface area contributed by atoms with E-state index in [1.807, 2.05) is 5.38 Å². The second kappa shape index (κ2) is 2.50. The zero-order valence-electron chi connectivity index (χ0n) is 3.95. The van der Waals surface area contributed by atoms with Gasteiger partial charge in [0.15, 0.2) is 0 Å². The van der Waals surface area contributed by atoms with Gasteiger partial charge in [-0.3, -0.25) is 0 Å². The van der Waals surface area contributed by atoms with Crippen LogP contribution in [0.3, 0.4) is 0 Å². The summed E-state index contributed by atoms with van der Waals surface area (Å²) in [6, 6.07) is 0. The highest BCUT2D eigenvalue weighted by Gasteiger charge is 1.99. The lowest BCUT2D eigenvalue weighted by Crippen LogP contribution is -1.59. The van der Waals surface area contributed by atoms with Crippen LogP contribution in [0.25, 0.3) is 0 Å². The van der Waals surface area contributed by atoms with E-state index in [4.69, 9.17) is 0 Å². The van der Waals surface area contributed by atoms with E-state index in [1.165, 1.54) is 0 Å². The monoisotopic (exact) mass is 253 g/mol. The van der Waals surface area contributed by atoms with Gasteiger partial charge in [0, 0.05) is 4.47 Å². The lowest BCUT2D eigenvalue weighted by molar-refractivity contribution is 1.69. The van der Waals surface area contributed by atoms with E-state index in [-0.39, 0.29) is 0 Å². The van der Waals surface area contributed by atoms with Gasteiger partial charge >= 0.3 is 0 Å². The van der Waals surface area contributed by atoms with Gasteiger partial charge < -0.3 is 0 Å². The van der Waals surface area contributed by atoms with Crippen molar-refractivity contribution in [3.63, 3.8) is 0 Å². The van der Waals surface area contributed by atoms with Gasteiger partial charge in [0.2, 0.25) is 0 Å². The summed E-state index contributed by atoms with van der Waals surface area (Å²) in [6.45, 7) is 3.77. The maximum atomic E-state index is 3.77. The lowest BCUT2D eigenvalue weighted by Gasteiger charge is -1.82. The number of hydrogen-bond donors (Lipinski definition) is 0. The molecule has 0 aromatic carbocycles. The van der Waals surface area contributed by atoms with Crippen LogP contribution in [0.5, 0.6) is 0 Å². The highest BCUT2D eigenvalue weighted by atomic mass is 79.9. The SMILES string of the molecule is [CH2]c1csc(Br)c1Br. The number of hydrogen-bond acceptors (Lipinski definition) is 1. The van der Waals surface area contributed by atoms with Crippen molar-refractivity contribution in [3.05, 3.63) is 26.1 Å². The minimum atomic E-state index is 1.04. The average molecular weight is 255 g/mol. The average Bonchev–Trinajstić information content (AvgIpc) is 1.98. The van der Waals surface area contributed by atoms with Crippen LogP contribution in [-0.2, 0) is 0 Å². The number of rotatable bonds is 0. The maximum Gasteiger partial charge on any atom is 0.0843 e. The Balaban J connectivity index is 3.19. The minimum Gasteiger partial charge on any atom is -0.135 e. The van der Waals surface area contributed by atoms with Gasteiger partial charge in [0.1, 0.15) is 0 Å². The van der Waals surface area contributed by atoms with Gasteiger partial charge in [-0.15, -0.1) is 11.3 Å². The van der Waals surface area contributed by atoms with Crippen LogP contribution in [0.15, 0.2) is 13.6 Å². The van der Waals surface area contributed by atoms with Crippen molar-refractivity contribution in [3.8, 4) is 0 Å². The normalized spacial score (nSPS) is 9.88. The highest BCUT2D eigenvalue weighted by Crippen LogP contribution is 2.31. The van der Waals surface area contributed by atoms with Crippen LogP contribution < -0.4 is 0 Å². The molecule has 0 saturated carbocycles. The molecule has 0 spiro atoms. The highest BCUT2D eigenvalue weighted by molar-refractivity contribution is 9.13. The van der Waals surface area contributed by atoms with Crippen LogP contribution in [0.1, 0.15) is 5.56 Å². The van der Waals surface area contributed by atoms with Crippen molar-refractivity contribution < 1.29 is 0 Å². The molecule has 1 aromatic rings. The minimum absolute atomic E-state index is 1.04. The molecule has 0 fully saturated rings. The fourth-order valence-corrected chi connectivity index (χ4v) is 2.03. The Hall–Kier alpha value is 0.660. The third kappa shape index (κ3) is 1.14. The second-order valence-electron chi connectivity index (χ2n) is 1.35. The first kappa shape index (κ1) is 6.78. The van der Waals surface area contributed by atoms with Crippen molar-refractivity contribution in [1.82, 2.24) is 0 Å². The molecule has 0 aliphatic carbocycles. The fraction of sp³-hybridized carbons (Fsp3) is 0. The number of thiophene rings is 1.